The number of amides is 2. The number of imidazole rings is 1. The van der Waals surface area contributed by atoms with Gasteiger partial charge in [-0.15, -0.1) is 0 Å². The molecule has 9 nitrogen and oxygen atoms in total. The molecule has 1 saturated heterocycles. The lowest BCUT2D eigenvalue weighted by Gasteiger charge is -2.25. The van der Waals surface area contributed by atoms with Crippen LogP contribution in [0.5, 0.6) is 0 Å². The van der Waals surface area contributed by atoms with Gasteiger partial charge in [-0.25, -0.2) is 9.97 Å². The third-order valence-corrected chi connectivity index (χ3v) is 4.59. The number of aryl methyl sites for hydroxylation is 1. The fourth-order valence-electron chi connectivity index (χ4n) is 3.33. The number of likely N-dealkylation sites (tertiary alicyclic amines) is 1. The first-order chi connectivity index (χ1) is 12.1. The van der Waals surface area contributed by atoms with E-state index in [0.29, 0.717) is 5.65 Å². The van der Waals surface area contributed by atoms with Gasteiger partial charge in [0.25, 0.3) is 5.91 Å². The monoisotopic (exact) mass is 339 g/mol. The highest BCUT2D eigenvalue weighted by atomic mass is 16.2. The largest absolute Gasteiger partial charge is 0.345 e. The van der Waals surface area contributed by atoms with E-state index in [1.165, 1.54) is 0 Å². The highest BCUT2D eigenvalue weighted by Crippen LogP contribution is 2.31. The molecule has 128 valence electrons. The second-order valence-electron chi connectivity index (χ2n) is 6.05. The smallest absolute Gasteiger partial charge is 0.274 e. The molecule has 4 rings (SSSR count). The van der Waals surface area contributed by atoms with Crippen molar-refractivity contribution in [3.05, 3.63) is 48.4 Å². The Morgan fingerprint density at radius 2 is 1.96 bits per heavy atom. The Hall–Kier alpha value is -3.23. The van der Waals surface area contributed by atoms with Gasteiger partial charge < -0.3 is 14.6 Å². The lowest BCUT2D eigenvalue weighted by molar-refractivity contribution is -0.127. The number of hydrogen-bond acceptors (Lipinski definition) is 5. The second kappa shape index (κ2) is 5.69. The van der Waals surface area contributed by atoms with Crippen LogP contribution < -0.4 is 5.32 Å². The van der Waals surface area contributed by atoms with E-state index in [9.17, 15) is 9.59 Å². The van der Waals surface area contributed by atoms with Crippen molar-refractivity contribution >= 4 is 17.5 Å². The van der Waals surface area contributed by atoms with E-state index in [2.05, 4.69) is 20.4 Å². The standard InChI is InChI=1S/C16H17N7O2/c1-21-12(24)9-10(14(21)11-3-4-19-22(11)2)20-16(25)13-15-18-6-8-23(15)7-5-17-13/h3-8,10,14H,9H2,1-2H3,(H,20,25)/t10-,14-/m1/s1. The minimum Gasteiger partial charge on any atom is -0.345 e. The zero-order chi connectivity index (χ0) is 17.6. The molecule has 25 heavy (non-hydrogen) atoms. The van der Waals surface area contributed by atoms with Crippen molar-refractivity contribution in [1.82, 2.24) is 34.4 Å². The van der Waals surface area contributed by atoms with Gasteiger partial charge in [0, 0.05) is 51.5 Å². The molecule has 4 heterocycles. The van der Waals surface area contributed by atoms with Crippen LogP contribution in [0.15, 0.2) is 37.1 Å². The lowest BCUT2D eigenvalue weighted by Crippen LogP contribution is -2.40. The van der Waals surface area contributed by atoms with Crippen LogP contribution in [0.25, 0.3) is 5.65 Å². The van der Waals surface area contributed by atoms with Crippen LogP contribution in [-0.4, -0.2) is 54.0 Å². The number of likely N-dealkylation sites (N-methyl/N-ethyl adjacent to an activating group) is 1. The highest BCUT2D eigenvalue weighted by molar-refractivity contribution is 5.98. The van der Waals surface area contributed by atoms with Crippen LogP contribution >= 0.6 is 0 Å². The Labute approximate surface area is 143 Å². The molecule has 0 spiro atoms. The van der Waals surface area contributed by atoms with E-state index in [0.717, 1.165) is 5.69 Å². The molecule has 3 aromatic rings. The number of carbonyl (C=O) groups is 2. The second-order valence-corrected chi connectivity index (χ2v) is 6.05. The highest BCUT2D eigenvalue weighted by Gasteiger charge is 2.41. The maximum Gasteiger partial charge on any atom is 0.274 e. The molecule has 0 aromatic carbocycles. The summed E-state index contributed by atoms with van der Waals surface area (Å²) in [5.74, 6) is -0.374. The van der Waals surface area contributed by atoms with Gasteiger partial charge in [-0.3, -0.25) is 14.3 Å². The fraction of sp³-hybridized carbons (Fsp3) is 0.312. The van der Waals surface area contributed by atoms with Gasteiger partial charge >= 0.3 is 0 Å². The Bertz CT molecular complexity index is 960. The predicted molar refractivity (Wildman–Crippen MR) is 87.6 cm³/mol. The number of aromatic nitrogens is 5. The summed E-state index contributed by atoms with van der Waals surface area (Å²) in [7, 11) is 3.55. The maximum absolute atomic E-state index is 12.7. The summed E-state index contributed by atoms with van der Waals surface area (Å²) in [6, 6.07) is 1.22. The van der Waals surface area contributed by atoms with Crippen LogP contribution in [0.4, 0.5) is 0 Å². The summed E-state index contributed by atoms with van der Waals surface area (Å²) in [6.07, 6.45) is 8.55. The Kier molecular flexibility index (Phi) is 3.48. The molecule has 9 heteroatoms. The molecule has 3 aromatic heterocycles. The predicted octanol–water partition coefficient (Wildman–Crippen LogP) is 0.165. The van der Waals surface area contributed by atoms with E-state index in [-0.39, 0.29) is 36.0 Å². The van der Waals surface area contributed by atoms with E-state index in [1.54, 1.807) is 52.0 Å². The third-order valence-electron chi connectivity index (χ3n) is 4.59. The fourth-order valence-corrected chi connectivity index (χ4v) is 3.33. The summed E-state index contributed by atoms with van der Waals surface area (Å²) in [5, 5.41) is 7.11. The van der Waals surface area contributed by atoms with E-state index >= 15 is 0 Å². The molecule has 0 unspecified atom stereocenters. The minimum atomic E-state index is -0.364. The zero-order valence-electron chi connectivity index (χ0n) is 13.8. The van der Waals surface area contributed by atoms with Gasteiger partial charge in [0.15, 0.2) is 11.3 Å². The Morgan fingerprint density at radius 1 is 1.20 bits per heavy atom. The van der Waals surface area contributed by atoms with Crippen LogP contribution in [0.2, 0.25) is 0 Å². The molecule has 0 bridgehead atoms. The first-order valence-electron chi connectivity index (χ1n) is 7.88. The van der Waals surface area contributed by atoms with Crippen molar-refractivity contribution in [2.24, 2.45) is 7.05 Å². The van der Waals surface area contributed by atoms with E-state index < -0.39 is 0 Å². The van der Waals surface area contributed by atoms with Crippen molar-refractivity contribution in [2.75, 3.05) is 7.05 Å². The van der Waals surface area contributed by atoms with Crippen LogP contribution in [0, 0.1) is 0 Å². The Morgan fingerprint density at radius 3 is 2.68 bits per heavy atom. The molecule has 2 amide bonds. The van der Waals surface area contributed by atoms with Crippen molar-refractivity contribution in [3.8, 4) is 0 Å². The molecular formula is C16H17N7O2. The number of carbonyl (C=O) groups excluding carboxylic acids is 2. The summed E-state index contributed by atoms with van der Waals surface area (Å²) in [6.45, 7) is 0. The average molecular weight is 339 g/mol. The van der Waals surface area contributed by atoms with Crippen molar-refractivity contribution < 1.29 is 9.59 Å². The summed E-state index contributed by atoms with van der Waals surface area (Å²) in [5.41, 5.74) is 1.58. The van der Waals surface area contributed by atoms with Gasteiger partial charge in [-0.05, 0) is 6.07 Å². The van der Waals surface area contributed by atoms with Crippen molar-refractivity contribution in [2.45, 2.75) is 18.5 Å². The lowest BCUT2D eigenvalue weighted by atomic mass is 10.1. The number of hydrogen-bond donors (Lipinski definition) is 1. The normalized spacial score (nSPS) is 20.4. The molecule has 0 saturated carbocycles. The molecule has 0 radical (unpaired) electrons. The first-order valence-corrected chi connectivity index (χ1v) is 7.88. The van der Waals surface area contributed by atoms with Crippen molar-refractivity contribution in [3.63, 3.8) is 0 Å². The molecule has 2 atom stereocenters. The zero-order valence-corrected chi connectivity index (χ0v) is 13.8. The maximum atomic E-state index is 12.7. The average Bonchev–Trinajstić information content (AvgIpc) is 3.28. The van der Waals surface area contributed by atoms with Gasteiger partial charge in [0.2, 0.25) is 5.91 Å². The summed E-state index contributed by atoms with van der Waals surface area (Å²) >= 11 is 0. The molecule has 0 aliphatic carbocycles. The number of nitrogens with zero attached hydrogens (tertiary/aromatic N) is 6. The van der Waals surface area contributed by atoms with E-state index in [1.807, 2.05) is 13.1 Å². The summed E-state index contributed by atoms with van der Waals surface area (Å²) in [4.78, 5) is 34.9. The number of fused-ring (bicyclic) bond motifs is 1. The van der Waals surface area contributed by atoms with Crippen LogP contribution in [-0.2, 0) is 11.8 Å². The SMILES string of the molecule is CN1C(=O)C[C@@H](NC(=O)c2nccn3ccnc23)[C@@H]1c1ccnn1C. The molecule has 1 aliphatic rings. The van der Waals surface area contributed by atoms with Gasteiger partial charge in [0.05, 0.1) is 17.8 Å². The first kappa shape index (κ1) is 15.3. The molecule has 1 aliphatic heterocycles. The Balaban J connectivity index is 1.65. The van der Waals surface area contributed by atoms with Crippen molar-refractivity contribution in [1.29, 1.82) is 0 Å². The van der Waals surface area contributed by atoms with Gasteiger partial charge in [0.1, 0.15) is 0 Å². The van der Waals surface area contributed by atoms with Crippen LogP contribution in [0.3, 0.4) is 0 Å². The van der Waals surface area contributed by atoms with Gasteiger partial charge in [-0.1, -0.05) is 0 Å². The third kappa shape index (κ3) is 2.44. The minimum absolute atomic E-state index is 0.0246. The molecule has 1 fully saturated rings. The quantitative estimate of drug-likeness (QED) is 0.733. The topological polar surface area (TPSA) is 97.4 Å². The molecular weight excluding hydrogens is 322 g/mol. The van der Waals surface area contributed by atoms with Crippen LogP contribution in [0.1, 0.15) is 28.6 Å². The summed E-state index contributed by atoms with van der Waals surface area (Å²) < 4.78 is 3.44. The number of nitrogens with one attached hydrogen (secondary N) is 1. The van der Waals surface area contributed by atoms with E-state index in [4.69, 9.17) is 0 Å². The molecule has 1 N–H and O–H groups in total. The van der Waals surface area contributed by atoms with Gasteiger partial charge in [-0.2, -0.15) is 5.10 Å². The number of rotatable bonds is 3.